The van der Waals surface area contributed by atoms with Gasteiger partial charge in [-0.1, -0.05) is 26.0 Å². The molecule has 0 N–H and O–H groups in total. The number of fused-ring (bicyclic) bond motifs is 2. The number of aryl methyl sites for hydroxylation is 2. The number of rotatable bonds is 6. The maximum absolute atomic E-state index is 13.4. The summed E-state index contributed by atoms with van der Waals surface area (Å²) in [6, 6.07) is 8.00. The Kier molecular flexibility index (Phi) is 6.61. The zero-order valence-electron chi connectivity index (χ0n) is 20.5. The van der Waals surface area contributed by atoms with Gasteiger partial charge in [0.25, 0.3) is 5.91 Å². The van der Waals surface area contributed by atoms with Crippen LogP contribution in [0, 0.1) is 12.8 Å². The lowest BCUT2D eigenvalue weighted by atomic mass is 10.0. The van der Waals surface area contributed by atoms with Crippen molar-refractivity contribution in [3.63, 3.8) is 0 Å². The maximum atomic E-state index is 13.4. The van der Waals surface area contributed by atoms with E-state index >= 15 is 0 Å². The Morgan fingerprint density at radius 2 is 1.82 bits per heavy atom. The number of carbonyl (C=O) groups excluding carboxylic acids is 1. The van der Waals surface area contributed by atoms with E-state index in [-0.39, 0.29) is 5.91 Å². The third-order valence-electron chi connectivity index (χ3n) is 6.85. The number of ether oxygens (including phenoxy) is 1. The summed E-state index contributed by atoms with van der Waals surface area (Å²) in [7, 11) is 0. The van der Waals surface area contributed by atoms with Crippen molar-refractivity contribution in [3.05, 3.63) is 52.6 Å². The molecule has 1 aromatic carbocycles. The molecule has 1 amide bonds. The number of hydrogen-bond acceptors (Lipinski definition) is 6. The van der Waals surface area contributed by atoms with Gasteiger partial charge in [-0.15, -0.1) is 0 Å². The van der Waals surface area contributed by atoms with Crippen molar-refractivity contribution < 1.29 is 9.53 Å². The highest BCUT2D eigenvalue weighted by Gasteiger charge is 2.31. The van der Waals surface area contributed by atoms with E-state index < -0.39 is 0 Å². The number of morpholine rings is 1. The molecule has 0 saturated carbocycles. The van der Waals surface area contributed by atoms with E-state index in [1.165, 1.54) is 5.69 Å². The van der Waals surface area contributed by atoms with Crippen LogP contribution in [0.15, 0.2) is 24.3 Å². The SMILES string of the molecule is Cc1nc2ccccc2nc1CN1CCc2c(c(C(=O)N3CCOCC3)nn2CCC(C)C)C1. The molecule has 4 heterocycles. The van der Waals surface area contributed by atoms with Gasteiger partial charge in [-0.3, -0.25) is 14.4 Å². The van der Waals surface area contributed by atoms with Gasteiger partial charge in [0, 0.05) is 56.9 Å². The fraction of sp³-hybridized carbons (Fsp3) is 0.538. The van der Waals surface area contributed by atoms with Crippen molar-refractivity contribution in [3.8, 4) is 0 Å². The summed E-state index contributed by atoms with van der Waals surface area (Å²) < 4.78 is 7.55. The average Bonchev–Trinajstić information content (AvgIpc) is 3.21. The van der Waals surface area contributed by atoms with Crippen LogP contribution in [0.5, 0.6) is 0 Å². The van der Waals surface area contributed by atoms with E-state index in [4.69, 9.17) is 19.8 Å². The summed E-state index contributed by atoms with van der Waals surface area (Å²) >= 11 is 0. The number of carbonyl (C=O) groups is 1. The molecule has 8 heteroatoms. The molecule has 2 aliphatic rings. The van der Waals surface area contributed by atoms with Crippen LogP contribution in [0.3, 0.4) is 0 Å². The fourth-order valence-corrected chi connectivity index (χ4v) is 4.82. The topological polar surface area (TPSA) is 76.4 Å². The second-order valence-electron chi connectivity index (χ2n) is 9.79. The minimum absolute atomic E-state index is 0.0337. The Morgan fingerprint density at radius 3 is 2.56 bits per heavy atom. The second-order valence-corrected chi connectivity index (χ2v) is 9.79. The van der Waals surface area contributed by atoms with Crippen LogP contribution >= 0.6 is 0 Å². The van der Waals surface area contributed by atoms with Crippen molar-refractivity contribution in [1.29, 1.82) is 0 Å². The van der Waals surface area contributed by atoms with Gasteiger partial charge in [-0.25, -0.2) is 9.97 Å². The Hall–Kier alpha value is -2.84. The fourth-order valence-electron chi connectivity index (χ4n) is 4.82. The van der Waals surface area contributed by atoms with Crippen LogP contribution in [0.25, 0.3) is 11.0 Å². The molecular weight excluding hydrogens is 428 g/mol. The van der Waals surface area contributed by atoms with E-state index in [0.717, 1.165) is 53.9 Å². The summed E-state index contributed by atoms with van der Waals surface area (Å²) in [4.78, 5) is 27.4. The van der Waals surface area contributed by atoms with E-state index in [2.05, 4.69) is 23.4 Å². The first-order chi connectivity index (χ1) is 16.5. The van der Waals surface area contributed by atoms with Crippen LogP contribution in [-0.4, -0.2) is 68.3 Å². The number of nitrogens with zero attached hydrogens (tertiary/aromatic N) is 6. The van der Waals surface area contributed by atoms with Crippen molar-refractivity contribution in [2.75, 3.05) is 32.8 Å². The van der Waals surface area contributed by atoms with Gasteiger partial charge >= 0.3 is 0 Å². The molecule has 0 aliphatic carbocycles. The molecule has 180 valence electrons. The third kappa shape index (κ3) is 4.70. The summed E-state index contributed by atoms with van der Waals surface area (Å²) in [5.41, 5.74) is 6.72. The van der Waals surface area contributed by atoms with E-state index in [1.54, 1.807) is 0 Å². The monoisotopic (exact) mass is 462 g/mol. The molecule has 3 aromatic rings. The average molecular weight is 463 g/mol. The Bertz CT molecular complexity index is 1180. The standard InChI is InChI=1S/C26H34N6O2/c1-18(2)8-11-32-24-9-10-30(17-23-19(3)27-21-6-4-5-7-22(21)28-23)16-20(24)25(29-32)26(33)31-12-14-34-15-13-31/h4-7,18H,8-17H2,1-3H3. The molecule has 0 atom stereocenters. The lowest BCUT2D eigenvalue weighted by molar-refractivity contribution is 0.0297. The van der Waals surface area contributed by atoms with Crippen molar-refractivity contribution in [2.45, 2.75) is 53.2 Å². The van der Waals surface area contributed by atoms with Gasteiger partial charge in [0.15, 0.2) is 5.69 Å². The van der Waals surface area contributed by atoms with E-state index in [0.29, 0.717) is 51.0 Å². The van der Waals surface area contributed by atoms with Crippen molar-refractivity contribution >= 4 is 16.9 Å². The summed E-state index contributed by atoms with van der Waals surface area (Å²) in [6.07, 6.45) is 1.94. The summed E-state index contributed by atoms with van der Waals surface area (Å²) in [5.74, 6) is 0.624. The van der Waals surface area contributed by atoms with Crippen LogP contribution in [0.2, 0.25) is 0 Å². The lowest BCUT2D eigenvalue weighted by Gasteiger charge is -2.29. The van der Waals surface area contributed by atoms with Gasteiger partial charge in [0.2, 0.25) is 0 Å². The molecule has 0 radical (unpaired) electrons. The zero-order chi connectivity index (χ0) is 23.7. The number of benzene rings is 1. The predicted molar refractivity (Wildman–Crippen MR) is 130 cm³/mol. The summed E-state index contributed by atoms with van der Waals surface area (Å²) in [6.45, 7) is 12.1. The smallest absolute Gasteiger partial charge is 0.274 e. The maximum Gasteiger partial charge on any atom is 0.274 e. The Morgan fingerprint density at radius 1 is 1.09 bits per heavy atom. The highest BCUT2D eigenvalue weighted by molar-refractivity contribution is 5.94. The molecule has 5 rings (SSSR count). The first kappa shape index (κ1) is 22.9. The normalized spacial score (nSPS) is 16.9. The van der Waals surface area contributed by atoms with Gasteiger partial charge in [-0.05, 0) is 31.4 Å². The van der Waals surface area contributed by atoms with Gasteiger partial charge in [-0.2, -0.15) is 5.10 Å². The first-order valence-electron chi connectivity index (χ1n) is 12.4. The highest BCUT2D eigenvalue weighted by Crippen LogP contribution is 2.26. The predicted octanol–water partition coefficient (Wildman–Crippen LogP) is 3.21. The van der Waals surface area contributed by atoms with Gasteiger partial charge in [0.05, 0.1) is 35.6 Å². The summed E-state index contributed by atoms with van der Waals surface area (Å²) in [5, 5.41) is 4.87. The quantitative estimate of drug-likeness (QED) is 0.560. The van der Waals surface area contributed by atoms with Crippen LogP contribution in [0.1, 0.15) is 53.4 Å². The van der Waals surface area contributed by atoms with Crippen molar-refractivity contribution in [2.24, 2.45) is 5.92 Å². The second kappa shape index (κ2) is 9.80. The molecule has 0 unspecified atom stereocenters. The van der Waals surface area contributed by atoms with Gasteiger partial charge < -0.3 is 9.64 Å². The zero-order valence-corrected chi connectivity index (χ0v) is 20.5. The molecule has 0 bridgehead atoms. The molecule has 0 spiro atoms. The number of amides is 1. The number of hydrogen-bond donors (Lipinski definition) is 0. The lowest BCUT2D eigenvalue weighted by Crippen LogP contribution is -2.41. The molecule has 34 heavy (non-hydrogen) atoms. The van der Waals surface area contributed by atoms with E-state index in [1.807, 2.05) is 36.1 Å². The van der Waals surface area contributed by atoms with E-state index in [9.17, 15) is 4.79 Å². The third-order valence-corrected chi connectivity index (χ3v) is 6.85. The largest absolute Gasteiger partial charge is 0.378 e. The molecule has 2 aromatic heterocycles. The Labute approximate surface area is 200 Å². The van der Waals surface area contributed by atoms with Gasteiger partial charge in [0.1, 0.15) is 0 Å². The minimum Gasteiger partial charge on any atom is -0.378 e. The molecule has 1 fully saturated rings. The van der Waals surface area contributed by atoms with Crippen molar-refractivity contribution in [1.82, 2.24) is 29.5 Å². The number of aromatic nitrogens is 4. The van der Waals surface area contributed by atoms with Crippen LogP contribution in [0.4, 0.5) is 0 Å². The number of para-hydroxylation sites is 2. The molecule has 2 aliphatic heterocycles. The Balaban J connectivity index is 1.41. The van der Waals surface area contributed by atoms with Crippen LogP contribution < -0.4 is 0 Å². The van der Waals surface area contributed by atoms with Crippen LogP contribution in [-0.2, 0) is 30.8 Å². The minimum atomic E-state index is 0.0337. The first-order valence-corrected chi connectivity index (χ1v) is 12.4. The molecular formula is C26H34N6O2. The molecule has 8 nitrogen and oxygen atoms in total. The highest BCUT2D eigenvalue weighted by atomic mass is 16.5. The molecule has 1 saturated heterocycles.